The van der Waals surface area contributed by atoms with Crippen LogP contribution >= 0.6 is 0 Å². The first-order valence-electron chi connectivity index (χ1n) is 7.83. The van der Waals surface area contributed by atoms with Crippen molar-refractivity contribution >= 4 is 16.7 Å². The van der Waals surface area contributed by atoms with E-state index in [9.17, 15) is 4.79 Å². The number of ether oxygens (including phenoxy) is 2. The average Bonchev–Trinajstić information content (AvgIpc) is 3.08. The van der Waals surface area contributed by atoms with Crippen molar-refractivity contribution in [1.82, 2.24) is 4.90 Å². The van der Waals surface area contributed by atoms with E-state index in [2.05, 4.69) is 0 Å². The molecule has 1 heterocycles. The number of nitrogens with zero attached hydrogens (tertiary/aromatic N) is 1. The molecule has 0 saturated heterocycles. The molecule has 0 aromatic heterocycles. The summed E-state index contributed by atoms with van der Waals surface area (Å²) < 4.78 is 10.7. The van der Waals surface area contributed by atoms with E-state index in [1.807, 2.05) is 67.7 Å². The van der Waals surface area contributed by atoms with E-state index in [0.29, 0.717) is 12.1 Å². The highest BCUT2D eigenvalue weighted by molar-refractivity contribution is 5.98. The molecule has 0 unspecified atom stereocenters. The van der Waals surface area contributed by atoms with Gasteiger partial charge in [0, 0.05) is 19.2 Å². The van der Waals surface area contributed by atoms with Crippen molar-refractivity contribution in [2.75, 3.05) is 13.8 Å². The predicted octanol–water partition coefficient (Wildman–Crippen LogP) is 3.84. The summed E-state index contributed by atoms with van der Waals surface area (Å²) >= 11 is 0. The third kappa shape index (κ3) is 2.67. The van der Waals surface area contributed by atoms with Crippen LogP contribution in [0.25, 0.3) is 10.8 Å². The second kappa shape index (κ2) is 5.89. The molecule has 0 aliphatic carbocycles. The molecule has 3 aromatic carbocycles. The van der Waals surface area contributed by atoms with Gasteiger partial charge in [-0.2, -0.15) is 0 Å². The molecule has 24 heavy (non-hydrogen) atoms. The molecule has 4 nitrogen and oxygen atoms in total. The van der Waals surface area contributed by atoms with E-state index in [1.54, 1.807) is 4.90 Å². The third-order valence-electron chi connectivity index (χ3n) is 4.20. The minimum atomic E-state index is -0.00146. The molecule has 0 N–H and O–H groups in total. The van der Waals surface area contributed by atoms with Gasteiger partial charge in [-0.05, 0) is 40.6 Å². The first-order valence-corrected chi connectivity index (χ1v) is 7.83. The Hall–Kier alpha value is -3.01. The number of fused-ring (bicyclic) bond motifs is 2. The molecule has 1 aliphatic rings. The fourth-order valence-electron chi connectivity index (χ4n) is 2.93. The van der Waals surface area contributed by atoms with Crippen LogP contribution in [0.15, 0.2) is 60.7 Å². The zero-order valence-corrected chi connectivity index (χ0v) is 13.4. The fourth-order valence-corrected chi connectivity index (χ4v) is 2.93. The van der Waals surface area contributed by atoms with E-state index >= 15 is 0 Å². The molecule has 0 saturated carbocycles. The van der Waals surface area contributed by atoms with Gasteiger partial charge in [-0.25, -0.2) is 0 Å². The first-order chi connectivity index (χ1) is 11.7. The highest BCUT2D eigenvalue weighted by Crippen LogP contribution is 2.32. The summed E-state index contributed by atoms with van der Waals surface area (Å²) in [4.78, 5) is 14.4. The van der Waals surface area contributed by atoms with Gasteiger partial charge < -0.3 is 14.4 Å². The highest BCUT2D eigenvalue weighted by Gasteiger charge is 2.16. The van der Waals surface area contributed by atoms with Crippen LogP contribution in [-0.4, -0.2) is 24.6 Å². The molecule has 0 atom stereocenters. The smallest absolute Gasteiger partial charge is 0.253 e. The van der Waals surface area contributed by atoms with Crippen LogP contribution in [0.1, 0.15) is 15.9 Å². The van der Waals surface area contributed by atoms with Crippen LogP contribution < -0.4 is 9.47 Å². The van der Waals surface area contributed by atoms with Crippen LogP contribution in [-0.2, 0) is 6.54 Å². The van der Waals surface area contributed by atoms with Gasteiger partial charge in [-0.3, -0.25) is 4.79 Å². The summed E-state index contributed by atoms with van der Waals surface area (Å²) in [5, 5.41) is 2.20. The Morgan fingerprint density at radius 2 is 1.75 bits per heavy atom. The normalized spacial score (nSPS) is 12.4. The van der Waals surface area contributed by atoms with Crippen LogP contribution in [0.3, 0.4) is 0 Å². The van der Waals surface area contributed by atoms with E-state index in [4.69, 9.17) is 9.47 Å². The van der Waals surface area contributed by atoms with Gasteiger partial charge in [-0.15, -0.1) is 0 Å². The summed E-state index contributed by atoms with van der Waals surface area (Å²) in [7, 11) is 1.81. The SMILES string of the molecule is CN(Cc1ccc2c(c1)OCO2)C(=O)c1ccc2ccccc2c1. The molecule has 1 aliphatic heterocycles. The van der Waals surface area contributed by atoms with Gasteiger partial charge in [0.15, 0.2) is 11.5 Å². The molecule has 3 aromatic rings. The Bertz CT molecular complexity index is 920. The van der Waals surface area contributed by atoms with Crippen molar-refractivity contribution in [2.45, 2.75) is 6.54 Å². The number of amides is 1. The summed E-state index contributed by atoms with van der Waals surface area (Å²) in [5.74, 6) is 1.49. The second-order valence-corrected chi connectivity index (χ2v) is 5.91. The van der Waals surface area contributed by atoms with E-state index in [-0.39, 0.29) is 12.7 Å². The number of rotatable bonds is 3. The van der Waals surface area contributed by atoms with Crippen LogP contribution in [0, 0.1) is 0 Å². The molecule has 120 valence electrons. The molecule has 1 amide bonds. The van der Waals surface area contributed by atoms with Crippen molar-refractivity contribution in [3.63, 3.8) is 0 Å². The largest absolute Gasteiger partial charge is 0.454 e. The minimum Gasteiger partial charge on any atom is -0.454 e. The zero-order chi connectivity index (χ0) is 16.5. The maximum Gasteiger partial charge on any atom is 0.253 e. The number of hydrogen-bond donors (Lipinski definition) is 0. The van der Waals surface area contributed by atoms with Crippen LogP contribution in [0.4, 0.5) is 0 Å². The molecular formula is C20H17NO3. The summed E-state index contributed by atoms with van der Waals surface area (Å²) in [6.07, 6.45) is 0. The average molecular weight is 319 g/mol. The molecule has 4 rings (SSSR count). The van der Waals surface area contributed by atoms with Gasteiger partial charge in [0.25, 0.3) is 5.91 Å². The van der Waals surface area contributed by atoms with Crippen molar-refractivity contribution in [3.05, 3.63) is 71.8 Å². The standard InChI is InChI=1S/C20H17NO3/c1-21(12-14-6-9-18-19(10-14)24-13-23-18)20(22)17-8-7-15-4-2-3-5-16(15)11-17/h2-11H,12-13H2,1H3. The first kappa shape index (κ1) is 14.6. The molecule has 0 fully saturated rings. The monoisotopic (exact) mass is 319 g/mol. The summed E-state index contributed by atoms with van der Waals surface area (Å²) in [5.41, 5.74) is 1.70. The number of benzene rings is 3. The number of hydrogen-bond acceptors (Lipinski definition) is 3. The second-order valence-electron chi connectivity index (χ2n) is 5.91. The van der Waals surface area contributed by atoms with Crippen molar-refractivity contribution in [3.8, 4) is 11.5 Å². The molecule has 0 bridgehead atoms. The Labute approximate surface area is 140 Å². The lowest BCUT2D eigenvalue weighted by Crippen LogP contribution is -2.26. The predicted molar refractivity (Wildman–Crippen MR) is 92.3 cm³/mol. The topological polar surface area (TPSA) is 38.8 Å². The Morgan fingerprint density at radius 3 is 2.62 bits per heavy atom. The van der Waals surface area contributed by atoms with E-state index in [1.165, 1.54) is 0 Å². The van der Waals surface area contributed by atoms with Crippen molar-refractivity contribution < 1.29 is 14.3 Å². The van der Waals surface area contributed by atoms with Crippen LogP contribution in [0.2, 0.25) is 0 Å². The fraction of sp³-hybridized carbons (Fsp3) is 0.150. The third-order valence-corrected chi connectivity index (χ3v) is 4.20. The van der Waals surface area contributed by atoms with E-state index < -0.39 is 0 Å². The van der Waals surface area contributed by atoms with Crippen LogP contribution in [0.5, 0.6) is 11.5 Å². The van der Waals surface area contributed by atoms with Gasteiger partial charge in [0.2, 0.25) is 6.79 Å². The van der Waals surface area contributed by atoms with Gasteiger partial charge in [0.1, 0.15) is 0 Å². The maximum absolute atomic E-state index is 12.7. The quantitative estimate of drug-likeness (QED) is 0.736. The summed E-state index contributed by atoms with van der Waals surface area (Å²) in [6.45, 7) is 0.771. The molecular weight excluding hydrogens is 302 g/mol. The molecule has 0 spiro atoms. The Kier molecular flexibility index (Phi) is 3.58. The number of carbonyl (C=O) groups excluding carboxylic acids is 1. The van der Waals surface area contributed by atoms with Gasteiger partial charge >= 0.3 is 0 Å². The van der Waals surface area contributed by atoms with Crippen molar-refractivity contribution in [2.24, 2.45) is 0 Å². The lowest BCUT2D eigenvalue weighted by atomic mass is 10.1. The molecule has 4 heteroatoms. The zero-order valence-electron chi connectivity index (χ0n) is 13.4. The Morgan fingerprint density at radius 1 is 0.958 bits per heavy atom. The van der Waals surface area contributed by atoms with E-state index in [0.717, 1.165) is 27.8 Å². The maximum atomic E-state index is 12.7. The van der Waals surface area contributed by atoms with Crippen molar-refractivity contribution in [1.29, 1.82) is 0 Å². The molecule has 0 radical (unpaired) electrons. The number of carbonyl (C=O) groups is 1. The lowest BCUT2D eigenvalue weighted by Gasteiger charge is -2.18. The van der Waals surface area contributed by atoms with Gasteiger partial charge in [0.05, 0.1) is 0 Å². The lowest BCUT2D eigenvalue weighted by molar-refractivity contribution is 0.0785. The van der Waals surface area contributed by atoms with Gasteiger partial charge in [-0.1, -0.05) is 36.4 Å². The summed E-state index contributed by atoms with van der Waals surface area (Å²) in [6, 6.07) is 19.6. The minimum absolute atomic E-state index is 0.00146. The Balaban J connectivity index is 1.54. The highest BCUT2D eigenvalue weighted by atomic mass is 16.7.